The van der Waals surface area contributed by atoms with Gasteiger partial charge in [0.25, 0.3) is 17.6 Å². The van der Waals surface area contributed by atoms with Gasteiger partial charge in [-0.05, 0) is 79.0 Å². The van der Waals surface area contributed by atoms with Gasteiger partial charge in [-0.25, -0.2) is 0 Å². The standard InChI is InChI=1S/C27H30ClN3O3S/c1-16-14-31(17(2)9-19(16)10-18-5-8-35-15-18)26(33)21-11-20-22(13-29-24(20)12-23(21)28)25(32)27(34)30-6-3-4-7-30/h5,8,11-13,15-17,19,29H,3-4,6-7,9-10,14H2,1-2H3/t16-,17+,19?/m0/s1. The second-order valence-electron chi connectivity index (χ2n) is 10.0. The zero-order valence-electron chi connectivity index (χ0n) is 20.1. The first-order chi connectivity index (χ1) is 16.8. The van der Waals surface area contributed by atoms with Crippen molar-refractivity contribution in [3.05, 3.63) is 56.9 Å². The van der Waals surface area contributed by atoms with Gasteiger partial charge in [0.15, 0.2) is 0 Å². The Morgan fingerprint density at radius 1 is 1.14 bits per heavy atom. The number of H-pyrrole nitrogens is 1. The highest BCUT2D eigenvalue weighted by Gasteiger charge is 2.35. The number of nitrogens with zero attached hydrogens (tertiary/aromatic N) is 2. The van der Waals surface area contributed by atoms with Crippen molar-refractivity contribution in [2.75, 3.05) is 19.6 Å². The van der Waals surface area contributed by atoms with E-state index in [0.29, 0.717) is 58.5 Å². The highest BCUT2D eigenvalue weighted by Crippen LogP contribution is 2.34. The van der Waals surface area contributed by atoms with Crippen molar-refractivity contribution in [2.24, 2.45) is 11.8 Å². The van der Waals surface area contributed by atoms with E-state index in [1.807, 2.05) is 4.90 Å². The van der Waals surface area contributed by atoms with E-state index < -0.39 is 11.7 Å². The third kappa shape index (κ3) is 4.64. The Bertz CT molecular complexity index is 1260. The molecule has 3 aromatic rings. The number of rotatable bonds is 5. The molecule has 6 nitrogen and oxygen atoms in total. The number of hydrogen-bond donors (Lipinski definition) is 1. The van der Waals surface area contributed by atoms with Crippen LogP contribution in [0, 0.1) is 11.8 Å². The van der Waals surface area contributed by atoms with Crippen LogP contribution in [-0.4, -0.2) is 58.1 Å². The summed E-state index contributed by atoms with van der Waals surface area (Å²) in [5.74, 6) is -0.278. The zero-order valence-corrected chi connectivity index (χ0v) is 21.6. The summed E-state index contributed by atoms with van der Waals surface area (Å²) in [7, 11) is 0. The van der Waals surface area contributed by atoms with Crippen molar-refractivity contribution in [3.63, 3.8) is 0 Å². The lowest BCUT2D eigenvalue weighted by Crippen LogP contribution is -2.48. The van der Waals surface area contributed by atoms with E-state index >= 15 is 0 Å². The van der Waals surface area contributed by atoms with Gasteiger partial charge < -0.3 is 14.8 Å². The number of carbonyl (C=O) groups is 3. The molecule has 1 N–H and O–H groups in total. The largest absolute Gasteiger partial charge is 0.360 e. The SMILES string of the molecule is C[C@@H]1CC(Cc2ccsc2)[C@@H](C)CN1C(=O)c1cc2c(C(=O)C(=O)N3CCCC3)c[nH]c2cc1Cl. The fourth-order valence-electron chi connectivity index (χ4n) is 5.54. The van der Waals surface area contributed by atoms with Crippen LogP contribution < -0.4 is 0 Å². The molecule has 35 heavy (non-hydrogen) atoms. The molecular weight excluding hydrogens is 482 g/mol. The summed E-state index contributed by atoms with van der Waals surface area (Å²) in [5.41, 5.74) is 2.66. The number of aromatic nitrogens is 1. The van der Waals surface area contributed by atoms with Crippen molar-refractivity contribution in [1.29, 1.82) is 0 Å². The number of piperidine rings is 1. The van der Waals surface area contributed by atoms with Crippen molar-refractivity contribution < 1.29 is 14.4 Å². The molecule has 2 fully saturated rings. The summed E-state index contributed by atoms with van der Waals surface area (Å²) in [4.78, 5) is 45.9. The predicted molar refractivity (Wildman–Crippen MR) is 139 cm³/mol. The number of carbonyl (C=O) groups excluding carboxylic acids is 3. The zero-order chi connectivity index (χ0) is 24.7. The predicted octanol–water partition coefficient (Wildman–Crippen LogP) is 5.42. The van der Waals surface area contributed by atoms with Gasteiger partial charge in [0.2, 0.25) is 0 Å². The molecule has 0 radical (unpaired) electrons. The Morgan fingerprint density at radius 2 is 1.91 bits per heavy atom. The Labute approximate surface area is 214 Å². The fourth-order valence-corrected chi connectivity index (χ4v) is 6.47. The molecule has 0 spiro atoms. The molecule has 2 aliphatic rings. The lowest BCUT2D eigenvalue weighted by atomic mass is 9.79. The number of Topliss-reactive ketones (excluding diaryl/α,β-unsaturated/α-hetero) is 1. The molecule has 2 amide bonds. The summed E-state index contributed by atoms with van der Waals surface area (Å²) in [6.07, 6.45) is 5.35. The molecule has 184 valence electrons. The van der Waals surface area contributed by atoms with Crippen LogP contribution in [0.2, 0.25) is 5.02 Å². The van der Waals surface area contributed by atoms with Crippen LogP contribution in [0.25, 0.3) is 10.9 Å². The fraction of sp³-hybridized carbons (Fsp3) is 0.444. The molecule has 0 saturated carbocycles. The van der Waals surface area contributed by atoms with E-state index in [1.54, 1.807) is 34.6 Å². The molecule has 3 atom stereocenters. The first kappa shape index (κ1) is 24.1. The Hall–Kier alpha value is -2.64. The van der Waals surface area contributed by atoms with Gasteiger partial charge in [-0.15, -0.1) is 0 Å². The van der Waals surface area contributed by atoms with Gasteiger partial charge in [-0.3, -0.25) is 14.4 Å². The van der Waals surface area contributed by atoms with Crippen molar-refractivity contribution in [2.45, 2.75) is 45.6 Å². The first-order valence-electron chi connectivity index (χ1n) is 12.3. The number of benzene rings is 1. The smallest absolute Gasteiger partial charge is 0.295 e. The lowest BCUT2D eigenvalue weighted by molar-refractivity contribution is -0.125. The van der Waals surface area contributed by atoms with E-state index in [4.69, 9.17) is 11.6 Å². The number of ketones is 1. The molecular formula is C27H30ClN3O3S. The molecule has 1 unspecified atom stereocenters. The number of thiophene rings is 1. The number of hydrogen-bond acceptors (Lipinski definition) is 4. The van der Waals surface area contributed by atoms with Crippen LogP contribution in [-0.2, 0) is 11.2 Å². The summed E-state index contributed by atoms with van der Waals surface area (Å²) >= 11 is 8.27. The van der Waals surface area contributed by atoms with E-state index in [-0.39, 0.29) is 11.9 Å². The first-order valence-corrected chi connectivity index (χ1v) is 13.6. The monoisotopic (exact) mass is 511 g/mol. The van der Waals surface area contributed by atoms with Crippen LogP contribution >= 0.6 is 22.9 Å². The van der Waals surface area contributed by atoms with Crippen LogP contribution in [0.1, 0.15) is 59.4 Å². The van der Waals surface area contributed by atoms with Crippen LogP contribution in [0.3, 0.4) is 0 Å². The van der Waals surface area contributed by atoms with E-state index in [2.05, 4.69) is 35.7 Å². The minimum Gasteiger partial charge on any atom is -0.360 e. The van der Waals surface area contributed by atoms with Crippen LogP contribution in [0.5, 0.6) is 0 Å². The van der Waals surface area contributed by atoms with Gasteiger partial charge in [-0.1, -0.05) is 18.5 Å². The quantitative estimate of drug-likeness (QED) is 0.367. The molecule has 1 aromatic carbocycles. The Balaban J connectivity index is 1.38. The molecule has 0 aliphatic carbocycles. The Morgan fingerprint density at radius 3 is 2.63 bits per heavy atom. The van der Waals surface area contributed by atoms with E-state index in [0.717, 1.165) is 25.7 Å². The molecule has 2 aliphatic heterocycles. The van der Waals surface area contributed by atoms with Gasteiger partial charge in [0.1, 0.15) is 0 Å². The minimum atomic E-state index is -0.546. The Kier molecular flexibility index (Phi) is 6.73. The number of amides is 2. The van der Waals surface area contributed by atoms with E-state index in [9.17, 15) is 14.4 Å². The van der Waals surface area contributed by atoms with Crippen LogP contribution in [0.15, 0.2) is 35.2 Å². The second-order valence-corrected chi connectivity index (χ2v) is 11.2. The van der Waals surface area contributed by atoms with Gasteiger partial charge in [0, 0.05) is 42.8 Å². The number of nitrogens with one attached hydrogen (secondary N) is 1. The topological polar surface area (TPSA) is 73.5 Å². The average Bonchev–Trinajstić information content (AvgIpc) is 3.61. The summed E-state index contributed by atoms with van der Waals surface area (Å²) in [6.45, 7) is 6.19. The van der Waals surface area contributed by atoms with Gasteiger partial charge >= 0.3 is 0 Å². The number of fused-ring (bicyclic) bond motifs is 1. The van der Waals surface area contributed by atoms with Gasteiger partial charge in [0.05, 0.1) is 16.1 Å². The minimum absolute atomic E-state index is 0.0816. The maximum absolute atomic E-state index is 13.7. The lowest BCUT2D eigenvalue weighted by Gasteiger charge is -2.42. The molecule has 2 saturated heterocycles. The summed E-state index contributed by atoms with van der Waals surface area (Å²) < 4.78 is 0. The van der Waals surface area contributed by atoms with Crippen LogP contribution in [0.4, 0.5) is 0 Å². The normalized spacial score (nSPS) is 22.7. The number of halogens is 1. The highest BCUT2D eigenvalue weighted by molar-refractivity contribution is 7.07. The van der Waals surface area contributed by atoms with Gasteiger partial charge in [-0.2, -0.15) is 11.3 Å². The molecule has 4 heterocycles. The third-order valence-corrected chi connectivity index (χ3v) is 8.68. The van der Waals surface area contributed by atoms with Crippen molar-refractivity contribution in [3.8, 4) is 0 Å². The average molecular weight is 512 g/mol. The summed E-state index contributed by atoms with van der Waals surface area (Å²) in [5, 5.41) is 5.21. The second kappa shape index (κ2) is 9.78. The number of aromatic amines is 1. The maximum Gasteiger partial charge on any atom is 0.295 e. The molecule has 0 bridgehead atoms. The van der Waals surface area contributed by atoms with E-state index in [1.165, 1.54) is 5.56 Å². The number of likely N-dealkylation sites (tertiary alicyclic amines) is 2. The maximum atomic E-state index is 13.7. The van der Waals surface area contributed by atoms with Crippen molar-refractivity contribution in [1.82, 2.24) is 14.8 Å². The highest BCUT2D eigenvalue weighted by atomic mass is 35.5. The molecule has 2 aromatic heterocycles. The summed E-state index contributed by atoms with van der Waals surface area (Å²) in [6, 6.07) is 5.62. The molecule has 5 rings (SSSR count). The molecule has 8 heteroatoms. The van der Waals surface area contributed by atoms with Crippen molar-refractivity contribution >= 4 is 51.4 Å². The third-order valence-electron chi connectivity index (χ3n) is 7.64.